The second-order valence-electron chi connectivity index (χ2n) is 12.6. The zero-order valence-corrected chi connectivity index (χ0v) is 30.1. The van der Waals surface area contributed by atoms with Crippen molar-refractivity contribution in [1.29, 1.82) is 0 Å². The van der Waals surface area contributed by atoms with Crippen molar-refractivity contribution in [3.05, 3.63) is 107 Å². The van der Waals surface area contributed by atoms with E-state index in [4.69, 9.17) is 8.83 Å². The molecule has 1 amide bonds. The molecular formula is C37H31F2N3O9S2. The van der Waals surface area contributed by atoms with Crippen molar-refractivity contribution in [3.8, 4) is 22.6 Å². The number of fused-ring (bicyclic) bond motifs is 4. The number of nitrogens with one attached hydrogen (secondary N) is 1. The number of sulfonamides is 2. The van der Waals surface area contributed by atoms with Crippen molar-refractivity contribution in [3.63, 3.8) is 0 Å². The van der Waals surface area contributed by atoms with Crippen LogP contribution >= 0.6 is 0 Å². The lowest BCUT2D eigenvalue weighted by atomic mass is 10.0. The molecule has 0 bridgehead atoms. The van der Waals surface area contributed by atoms with Crippen molar-refractivity contribution in [2.24, 2.45) is 0 Å². The maximum absolute atomic E-state index is 13.3. The fourth-order valence-electron chi connectivity index (χ4n) is 6.76. The van der Waals surface area contributed by atoms with Gasteiger partial charge < -0.3 is 19.3 Å². The minimum Gasteiger partial charge on any atom is -0.478 e. The first-order valence-corrected chi connectivity index (χ1v) is 19.9. The van der Waals surface area contributed by atoms with E-state index in [1.165, 1.54) is 64.2 Å². The maximum Gasteiger partial charge on any atom is 0.340 e. The van der Waals surface area contributed by atoms with Gasteiger partial charge in [0.1, 0.15) is 39.9 Å². The fourth-order valence-corrected chi connectivity index (χ4v) is 8.66. The van der Waals surface area contributed by atoms with Crippen LogP contribution in [0.5, 0.6) is 0 Å². The molecule has 2 aliphatic heterocycles. The van der Waals surface area contributed by atoms with Gasteiger partial charge in [-0.1, -0.05) is 0 Å². The van der Waals surface area contributed by atoms with Gasteiger partial charge in [-0.05, 0) is 84.6 Å². The van der Waals surface area contributed by atoms with Crippen LogP contribution in [0.1, 0.15) is 31.8 Å². The lowest BCUT2D eigenvalue weighted by Crippen LogP contribution is -2.27. The Balaban J connectivity index is 0.000000164. The molecule has 53 heavy (non-hydrogen) atoms. The monoisotopic (exact) mass is 763 g/mol. The van der Waals surface area contributed by atoms with Crippen LogP contribution in [-0.4, -0.2) is 66.5 Å². The summed E-state index contributed by atoms with van der Waals surface area (Å²) in [5, 5.41) is 13.3. The number of carboxylic acids is 1. The van der Waals surface area contributed by atoms with E-state index in [0.29, 0.717) is 76.1 Å². The number of hydrogen-bond acceptors (Lipinski definition) is 8. The van der Waals surface area contributed by atoms with Crippen LogP contribution in [0, 0.1) is 11.6 Å². The van der Waals surface area contributed by atoms with Gasteiger partial charge in [-0.15, -0.1) is 0 Å². The number of halogens is 2. The van der Waals surface area contributed by atoms with Gasteiger partial charge >= 0.3 is 5.97 Å². The van der Waals surface area contributed by atoms with E-state index in [9.17, 15) is 40.3 Å². The Morgan fingerprint density at radius 1 is 0.679 bits per heavy atom. The molecule has 6 aromatic rings. The standard InChI is InChI=1S/C19H17FN2O4S.C18H14FNO5S/c1-21-19(23)17-14-9-12-7-8-22(27(2,24)25)15(12)10-16(14)26-18(17)11-3-5-13(20)6-4-11;1-26(23,24)20-7-6-11-8-13-15(9-14(11)20)25-17(16(13)18(21)22)10-2-4-12(19)5-3-10/h3-6,9-10H,7-8H2,1-2H3,(H,21,23);2-5,8-9H,6-7H2,1H3,(H,21,22). The summed E-state index contributed by atoms with van der Waals surface area (Å²) in [7, 11) is -5.30. The zero-order valence-electron chi connectivity index (χ0n) is 28.4. The molecule has 12 nitrogen and oxygen atoms in total. The van der Waals surface area contributed by atoms with E-state index in [0.717, 1.165) is 23.6 Å². The van der Waals surface area contributed by atoms with Crippen LogP contribution in [0.4, 0.5) is 20.2 Å². The smallest absolute Gasteiger partial charge is 0.340 e. The molecule has 16 heteroatoms. The molecule has 0 aliphatic carbocycles. The number of carboxylic acid groups (broad SMARTS) is 1. The molecule has 4 aromatic carbocycles. The molecule has 274 valence electrons. The topological polar surface area (TPSA) is 167 Å². The Kier molecular flexibility index (Phi) is 8.77. The second kappa shape index (κ2) is 13.0. The van der Waals surface area contributed by atoms with Crippen molar-refractivity contribution in [1.82, 2.24) is 5.32 Å². The predicted octanol–water partition coefficient (Wildman–Crippen LogP) is 6.18. The summed E-state index contributed by atoms with van der Waals surface area (Å²) < 4.78 is 88.6. The van der Waals surface area contributed by atoms with Crippen LogP contribution in [0.15, 0.2) is 81.6 Å². The average Bonchev–Trinajstić information content (AvgIpc) is 3.88. The first kappa shape index (κ1) is 35.7. The summed E-state index contributed by atoms with van der Waals surface area (Å²) in [6.45, 7) is 0.675. The van der Waals surface area contributed by atoms with Crippen molar-refractivity contribution in [2.45, 2.75) is 12.8 Å². The average molecular weight is 764 g/mol. The van der Waals surface area contributed by atoms with Crippen LogP contribution in [0.25, 0.3) is 44.6 Å². The molecule has 2 N–H and O–H groups in total. The SMILES string of the molecule is CNC(=O)c1c(-c2ccc(F)cc2)oc2cc3c(cc12)CCN3S(C)(=O)=O.CS(=O)(=O)N1CCc2cc3c(C(=O)O)c(-c4ccc(F)cc4)oc3cc21. The van der Waals surface area contributed by atoms with Crippen LogP contribution in [0.2, 0.25) is 0 Å². The molecule has 2 aromatic heterocycles. The van der Waals surface area contributed by atoms with Crippen LogP contribution < -0.4 is 13.9 Å². The maximum atomic E-state index is 13.3. The Hall–Kier alpha value is -5.74. The predicted molar refractivity (Wildman–Crippen MR) is 195 cm³/mol. The summed E-state index contributed by atoms with van der Waals surface area (Å²) in [5.41, 5.74) is 4.64. The third-order valence-corrected chi connectivity index (χ3v) is 11.5. The number of carbonyl (C=O) groups excluding carboxylic acids is 1. The molecule has 0 fully saturated rings. The van der Waals surface area contributed by atoms with E-state index < -0.39 is 31.8 Å². The minimum atomic E-state index is -3.43. The molecule has 0 spiro atoms. The van der Waals surface area contributed by atoms with E-state index in [2.05, 4.69) is 5.32 Å². The third-order valence-electron chi connectivity index (χ3n) is 9.17. The van der Waals surface area contributed by atoms with Gasteiger partial charge in [0.2, 0.25) is 20.0 Å². The van der Waals surface area contributed by atoms with Crippen molar-refractivity contribution in [2.75, 3.05) is 41.3 Å². The minimum absolute atomic E-state index is 0.0211. The molecular weight excluding hydrogens is 733 g/mol. The van der Waals surface area contributed by atoms with Gasteiger partial charge in [0.15, 0.2) is 0 Å². The lowest BCUT2D eigenvalue weighted by molar-refractivity contribution is 0.0698. The molecule has 4 heterocycles. The van der Waals surface area contributed by atoms with Gasteiger partial charge in [0.05, 0.1) is 29.4 Å². The number of carbonyl (C=O) groups is 2. The molecule has 0 atom stereocenters. The van der Waals surface area contributed by atoms with E-state index in [1.807, 2.05) is 0 Å². The highest BCUT2D eigenvalue weighted by molar-refractivity contribution is 7.92. The number of furan rings is 2. The highest BCUT2D eigenvalue weighted by Crippen LogP contribution is 2.42. The van der Waals surface area contributed by atoms with Crippen LogP contribution in [-0.2, 0) is 32.9 Å². The number of nitrogens with zero attached hydrogens (tertiary/aromatic N) is 2. The van der Waals surface area contributed by atoms with E-state index in [1.54, 1.807) is 24.3 Å². The first-order valence-electron chi connectivity index (χ1n) is 16.2. The van der Waals surface area contributed by atoms with Crippen molar-refractivity contribution < 1.29 is 49.1 Å². The van der Waals surface area contributed by atoms with Crippen LogP contribution in [0.3, 0.4) is 0 Å². The fraction of sp³-hybridized carbons (Fsp3) is 0.189. The summed E-state index contributed by atoms with van der Waals surface area (Å²) in [6, 6.07) is 17.7. The number of aromatic carboxylic acids is 1. The van der Waals surface area contributed by atoms with E-state index >= 15 is 0 Å². The van der Waals surface area contributed by atoms with Gasteiger partial charge in [0, 0.05) is 54.2 Å². The number of rotatable bonds is 6. The summed E-state index contributed by atoms with van der Waals surface area (Å²) in [4.78, 5) is 24.3. The molecule has 0 saturated heterocycles. The second-order valence-corrected chi connectivity index (χ2v) is 16.4. The quantitative estimate of drug-likeness (QED) is 0.201. The van der Waals surface area contributed by atoms with Gasteiger partial charge in [-0.2, -0.15) is 0 Å². The molecule has 0 unspecified atom stereocenters. The van der Waals surface area contributed by atoms with Gasteiger partial charge in [0.25, 0.3) is 5.91 Å². The first-order chi connectivity index (χ1) is 25.0. The normalized spacial score (nSPS) is 13.9. The Morgan fingerprint density at radius 3 is 1.45 bits per heavy atom. The molecule has 8 rings (SSSR count). The Morgan fingerprint density at radius 2 is 1.08 bits per heavy atom. The molecule has 0 saturated carbocycles. The summed E-state index contributed by atoms with van der Waals surface area (Å²) >= 11 is 0. The number of hydrogen-bond donors (Lipinski definition) is 2. The third kappa shape index (κ3) is 6.48. The number of amides is 1. The van der Waals surface area contributed by atoms with Gasteiger partial charge in [-0.25, -0.2) is 30.4 Å². The highest BCUT2D eigenvalue weighted by Gasteiger charge is 2.31. The lowest BCUT2D eigenvalue weighted by Gasteiger charge is -2.16. The molecule has 2 aliphatic rings. The summed E-state index contributed by atoms with van der Waals surface area (Å²) in [5.74, 6) is -1.89. The highest BCUT2D eigenvalue weighted by atomic mass is 32.2. The van der Waals surface area contributed by atoms with Gasteiger partial charge in [-0.3, -0.25) is 13.4 Å². The number of anilines is 2. The number of benzene rings is 4. The Bertz CT molecular complexity index is 2690. The van der Waals surface area contributed by atoms with Crippen molar-refractivity contribution >= 4 is 65.2 Å². The summed E-state index contributed by atoms with van der Waals surface area (Å²) in [6.07, 6.45) is 3.34. The Labute approximate surface area is 302 Å². The zero-order chi connectivity index (χ0) is 38.0. The molecule has 0 radical (unpaired) electrons. The van der Waals surface area contributed by atoms with E-state index in [-0.39, 0.29) is 28.6 Å². The largest absolute Gasteiger partial charge is 0.478 e.